The fraction of sp³-hybridized carbons (Fsp3) is 0.800. The molecular formula is C10H16Na2O7S. The van der Waals surface area contributed by atoms with Gasteiger partial charge < -0.3 is 19.2 Å². The number of carboxylic acids is 1. The summed E-state index contributed by atoms with van der Waals surface area (Å²) >= 11 is 0. The SMILES string of the molecule is CCCCCCOC(=O)C(CC(=O)[O-])S(=O)(=O)[O-].[Na+].[Na+]. The molecule has 0 saturated heterocycles. The van der Waals surface area contributed by atoms with Gasteiger partial charge in [0, 0.05) is 12.4 Å². The minimum Gasteiger partial charge on any atom is -0.747 e. The van der Waals surface area contributed by atoms with E-state index in [2.05, 4.69) is 4.74 Å². The van der Waals surface area contributed by atoms with Crippen LogP contribution < -0.4 is 64.2 Å². The second kappa shape index (κ2) is 13.5. The number of ether oxygens (including phenoxy) is 1. The van der Waals surface area contributed by atoms with Crippen molar-refractivity contribution in [1.82, 2.24) is 0 Å². The van der Waals surface area contributed by atoms with Gasteiger partial charge in [-0.1, -0.05) is 26.2 Å². The van der Waals surface area contributed by atoms with Gasteiger partial charge in [0.2, 0.25) is 0 Å². The molecule has 7 nitrogen and oxygen atoms in total. The number of carbonyl (C=O) groups excluding carboxylic acids is 2. The molecular weight excluding hydrogens is 310 g/mol. The predicted octanol–water partition coefficient (Wildman–Crippen LogP) is -6.83. The van der Waals surface area contributed by atoms with Crippen LogP contribution in [0.4, 0.5) is 0 Å². The number of aliphatic carboxylic acids is 1. The van der Waals surface area contributed by atoms with Crippen LogP contribution in [-0.4, -0.2) is 36.8 Å². The second-order valence-corrected chi connectivity index (χ2v) is 5.34. The summed E-state index contributed by atoms with van der Waals surface area (Å²) in [5.41, 5.74) is 0. The average Bonchev–Trinajstić information content (AvgIpc) is 2.23. The van der Waals surface area contributed by atoms with Gasteiger partial charge in [-0.15, -0.1) is 0 Å². The Morgan fingerprint density at radius 3 is 2.10 bits per heavy atom. The number of esters is 1. The van der Waals surface area contributed by atoms with Gasteiger partial charge in [0.15, 0.2) is 5.25 Å². The van der Waals surface area contributed by atoms with Crippen LogP contribution in [-0.2, 0) is 24.4 Å². The van der Waals surface area contributed by atoms with Gasteiger partial charge in [-0.3, -0.25) is 4.79 Å². The standard InChI is InChI=1S/C10H18O7S.2Na/c1-2-3-4-5-6-17-10(13)8(7-9(11)12)18(14,15)16;;/h8H,2-7H2,1H3,(H,11,12)(H,14,15,16);;/q;2*+1/p-2. The molecule has 0 fully saturated rings. The molecule has 0 spiro atoms. The van der Waals surface area contributed by atoms with Crippen molar-refractivity contribution >= 4 is 22.1 Å². The minimum atomic E-state index is -5.05. The normalized spacial score (nSPS) is 11.7. The van der Waals surface area contributed by atoms with E-state index < -0.39 is 33.7 Å². The fourth-order valence-corrected chi connectivity index (χ4v) is 1.89. The molecule has 0 radical (unpaired) electrons. The summed E-state index contributed by atoms with van der Waals surface area (Å²) < 4.78 is 36.7. The molecule has 0 aliphatic rings. The maximum Gasteiger partial charge on any atom is 1.00 e. The van der Waals surface area contributed by atoms with Gasteiger partial charge in [-0.2, -0.15) is 0 Å². The molecule has 0 rings (SSSR count). The van der Waals surface area contributed by atoms with Crippen molar-refractivity contribution in [3.05, 3.63) is 0 Å². The molecule has 0 aromatic carbocycles. The topological polar surface area (TPSA) is 124 Å². The molecule has 1 unspecified atom stereocenters. The first kappa shape index (κ1) is 25.8. The van der Waals surface area contributed by atoms with Crippen LogP contribution in [0, 0.1) is 0 Å². The Balaban J connectivity index is -0.00000144. The molecule has 0 aliphatic heterocycles. The second-order valence-electron chi connectivity index (χ2n) is 3.79. The molecule has 0 heterocycles. The van der Waals surface area contributed by atoms with E-state index in [0.29, 0.717) is 6.42 Å². The maximum atomic E-state index is 11.3. The van der Waals surface area contributed by atoms with Crippen molar-refractivity contribution in [2.45, 2.75) is 44.3 Å². The third-order valence-electron chi connectivity index (χ3n) is 2.21. The summed E-state index contributed by atoms with van der Waals surface area (Å²) in [6.45, 7) is 1.96. The van der Waals surface area contributed by atoms with Crippen molar-refractivity contribution in [3.63, 3.8) is 0 Å². The zero-order chi connectivity index (χ0) is 14.2. The number of hydrogen-bond donors (Lipinski definition) is 0. The molecule has 0 bridgehead atoms. The molecule has 0 N–H and O–H groups in total. The molecule has 1 atom stereocenters. The molecule has 0 aromatic heterocycles. The molecule has 20 heavy (non-hydrogen) atoms. The van der Waals surface area contributed by atoms with Crippen LogP contribution >= 0.6 is 0 Å². The summed E-state index contributed by atoms with van der Waals surface area (Å²) in [6.07, 6.45) is 2.09. The van der Waals surface area contributed by atoms with E-state index in [1.807, 2.05) is 6.92 Å². The summed E-state index contributed by atoms with van der Waals surface area (Å²) in [5.74, 6) is -3.12. The van der Waals surface area contributed by atoms with Gasteiger partial charge in [0.05, 0.1) is 6.61 Å². The van der Waals surface area contributed by atoms with Crippen molar-refractivity contribution < 1.29 is 91.5 Å². The summed E-state index contributed by atoms with van der Waals surface area (Å²) in [4.78, 5) is 21.5. The van der Waals surface area contributed by atoms with Crippen LogP contribution in [0.1, 0.15) is 39.0 Å². The number of carbonyl (C=O) groups is 2. The summed E-state index contributed by atoms with van der Waals surface area (Å²) in [5, 5.41) is 8.03. The maximum absolute atomic E-state index is 11.3. The van der Waals surface area contributed by atoms with Gasteiger partial charge in [0.1, 0.15) is 10.1 Å². The Hall–Kier alpha value is 0.850. The van der Waals surface area contributed by atoms with E-state index in [-0.39, 0.29) is 65.7 Å². The van der Waals surface area contributed by atoms with E-state index in [1.54, 1.807) is 0 Å². The molecule has 0 amide bonds. The zero-order valence-corrected chi connectivity index (χ0v) is 16.9. The summed E-state index contributed by atoms with van der Waals surface area (Å²) in [6, 6.07) is 0. The van der Waals surface area contributed by atoms with Crippen LogP contribution in [0.5, 0.6) is 0 Å². The summed E-state index contributed by atoms with van der Waals surface area (Å²) in [7, 11) is -5.05. The predicted molar refractivity (Wildman–Crippen MR) is 58.2 cm³/mol. The third-order valence-corrected chi connectivity index (χ3v) is 3.26. The van der Waals surface area contributed by atoms with Crippen molar-refractivity contribution in [3.8, 4) is 0 Å². The van der Waals surface area contributed by atoms with E-state index in [0.717, 1.165) is 19.3 Å². The van der Waals surface area contributed by atoms with Gasteiger partial charge in [-0.05, 0) is 6.42 Å². The van der Waals surface area contributed by atoms with Crippen LogP contribution in [0.25, 0.3) is 0 Å². The smallest absolute Gasteiger partial charge is 0.747 e. The molecule has 106 valence electrons. The minimum absolute atomic E-state index is 0. The first-order chi connectivity index (χ1) is 8.29. The van der Waals surface area contributed by atoms with E-state index in [4.69, 9.17) is 0 Å². The van der Waals surface area contributed by atoms with Crippen LogP contribution in [0.15, 0.2) is 0 Å². The van der Waals surface area contributed by atoms with Crippen LogP contribution in [0.2, 0.25) is 0 Å². The Bertz CT molecular complexity index is 383. The molecule has 0 aliphatic carbocycles. The van der Waals surface area contributed by atoms with Gasteiger partial charge in [0.25, 0.3) is 0 Å². The quantitative estimate of drug-likeness (QED) is 0.178. The number of rotatable bonds is 9. The Morgan fingerprint density at radius 1 is 1.15 bits per heavy atom. The Morgan fingerprint density at radius 2 is 1.70 bits per heavy atom. The first-order valence-corrected chi connectivity index (χ1v) is 7.07. The Labute approximate surface area is 163 Å². The van der Waals surface area contributed by atoms with Gasteiger partial charge >= 0.3 is 65.1 Å². The third kappa shape index (κ3) is 12.6. The number of unbranched alkanes of at least 4 members (excludes halogenated alkanes) is 3. The van der Waals surface area contributed by atoms with Crippen LogP contribution in [0.3, 0.4) is 0 Å². The van der Waals surface area contributed by atoms with Crippen molar-refractivity contribution in [2.75, 3.05) is 6.61 Å². The van der Waals surface area contributed by atoms with Gasteiger partial charge in [-0.25, -0.2) is 8.42 Å². The molecule has 0 aromatic rings. The first-order valence-electron chi connectivity index (χ1n) is 5.60. The molecule has 0 saturated carbocycles. The van der Waals surface area contributed by atoms with Crippen molar-refractivity contribution in [1.29, 1.82) is 0 Å². The van der Waals surface area contributed by atoms with E-state index in [1.165, 1.54) is 0 Å². The monoisotopic (exact) mass is 326 g/mol. The number of hydrogen-bond acceptors (Lipinski definition) is 7. The number of carboxylic acid groups (broad SMARTS) is 1. The van der Waals surface area contributed by atoms with Crippen molar-refractivity contribution in [2.24, 2.45) is 0 Å². The zero-order valence-electron chi connectivity index (χ0n) is 12.1. The molecule has 10 heteroatoms. The largest absolute Gasteiger partial charge is 1.00 e. The van der Waals surface area contributed by atoms with E-state index >= 15 is 0 Å². The van der Waals surface area contributed by atoms with E-state index in [9.17, 15) is 27.7 Å². The fourth-order valence-electron chi connectivity index (χ4n) is 1.25. The Kier molecular flexibility index (Phi) is 17.4. The average molecular weight is 326 g/mol.